The third-order valence-electron chi connectivity index (χ3n) is 4.14. The van der Waals surface area contributed by atoms with Gasteiger partial charge in [0.15, 0.2) is 5.78 Å². The number of ether oxygens (including phenoxy) is 1. The molecule has 23 heavy (non-hydrogen) atoms. The molecule has 0 aromatic heterocycles. The molecule has 0 aliphatic heterocycles. The van der Waals surface area contributed by atoms with Crippen molar-refractivity contribution in [3.05, 3.63) is 60.2 Å². The first-order chi connectivity index (χ1) is 11.1. The molecular weight excluding hydrogens is 290 g/mol. The number of amides is 1. The van der Waals surface area contributed by atoms with Gasteiger partial charge in [-0.2, -0.15) is 0 Å². The average molecular weight is 309 g/mol. The van der Waals surface area contributed by atoms with Crippen LogP contribution in [0.1, 0.15) is 18.9 Å². The lowest BCUT2D eigenvalue weighted by molar-refractivity contribution is -0.129. The number of benzene rings is 2. The van der Waals surface area contributed by atoms with E-state index in [9.17, 15) is 9.59 Å². The van der Waals surface area contributed by atoms with Gasteiger partial charge in [0, 0.05) is 6.42 Å². The highest BCUT2D eigenvalue weighted by Gasteiger charge is 2.37. The summed E-state index contributed by atoms with van der Waals surface area (Å²) in [6.07, 6.45) is -0.00616. The highest BCUT2D eigenvalue weighted by atomic mass is 16.5. The van der Waals surface area contributed by atoms with Crippen molar-refractivity contribution in [1.82, 2.24) is 5.32 Å². The molecule has 0 heterocycles. The van der Waals surface area contributed by atoms with Gasteiger partial charge < -0.3 is 10.1 Å². The van der Waals surface area contributed by atoms with Gasteiger partial charge in [-0.1, -0.05) is 61.5 Å². The Morgan fingerprint density at radius 2 is 1.74 bits per heavy atom. The first kappa shape index (κ1) is 15.3. The number of rotatable bonds is 4. The quantitative estimate of drug-likeness (QED) is 0.939. The van der Waals surface area contributed by atoms with Crippen molar-refractivity contribution in [1.29, 1.82) is 0 Å². The van der Waals surface area contributed by atoms with Gasteiger partial charge in [-0.05, 0) is 22.6 Å². The molecule has 4 nitrogen and oxygen atoms in total. The van der Waals surface area contributed by atoms with Gasteiger partial charge in [0.25, 0.3) is 0 Å². The number of hydrogen-bond donors (Lipinski definition) is 1. The number of carbonyl (C=O) groups is 2. The minimum Gasteiger partial charge on any atom is -0.445 e. The second-order valence-electron chi connectivity index (χ2n) is 5.91. The smallest absolute Gasteiger partial charge is 0.408 e. The molecular formula is C19H19NO3. The number of alkyl carbamates (subject to hydrolysis) is 1. The molecule has 0 radical (unpaired) electrons. The molecule has 118 valence electrons. The number of ketones is 1. The summed E-state index contributed by atoms with van der Waals surface area (Å²) < 4.78 is 5.17. The van der Waals surface area contributed by atoms with Crippen molar-refractivity contribution in [2.75, 3.05) is 0 Å². The van der Waals surface area contributed by atoms with Crippen LogP contribution in [-0.2, 0) is 16.1 Å². The molecule has 1 aliphatic carbocycles. The van der Waals surface area contributed by atoms with Gasteiger partial charge in [0.05, 0.1) is 6.04 Å². The van der Waals surface area contributed by atoms with Gasteiger partial charge in [-0.25, -0.2) is 4.79 Å². The summed E-state index contributed by atoms with van der Waals surface area (Å²) in [7, 11) is 0. The zero-order chi connectivity index (χ0) is 16.2. The molecule has 2 aromatic rings. The van der Waals surface area contributed by atoms with E-state index in [1.807, 2.05) is 49.4 Å². The van der Waals surface area contributed by atoms with Crippen LogP contribution in [0, 0.1) is 5.92 Å². The maximum absolute atomic E-state index is 11.7. The Bertz CT molecular complexity index is 694. The Morgan fingerprint density at radius 3 is 2.35 bits per heavy atom. The molecule has 2 aromatic carbocycles. The van der Waals surface area contributed by atoms with E-state index in [2.05, 4.69) is 17.4 Å². The molecule has 0 unspecified atom stereocenters. The Labute approximate surface area is 135 Å². The summed E-state index contributed by atoms with van der Waals surface area (Å²) in [5, 5.41) is 2.61. The lowest BCUT2D eigenvalue weighted by atomic mass is 9.80. The highest BCUT2D eigenvalue weighted by molar-refractivity contribution is 5.93. The van der Waals surface area contributed by atoms with Gasteiger partial charge >= 0.3 is 6.09 Å². The van der Waals surface area contributed by atoms with Crippen LogP contribution in [0.25, 0.3) is 11.1 Å². The zero-order valence-corrected chi connectivity index (χ0v) is 13.0. The van der Waals surface area contributed by atoms with E-state index in [0.29, 0.717) is 6.42 Å². The molecule has 1 saturated carbocycles. The van der Waals surface area contributed by atoms with Gasteiger partial charge in [-0.3, -0.25) is 4.79 Å². The Hall–Kier alpha value is -2.62. The standard InChI is InChI=1S/C19H19NO3/c1-13-11-17(21)18(13)20-19(22)23-12-14-7-9-16(10-8-14)15-5-3-2-4-6-15/h2-10,13,18H,11-12H2,1H3,(H,20,22)/t13-,18+/m1/s1. The minimum atomic E-state index is -0.540. The van der Waals surface area contributed by atoms with Crippen molar-refractivity contribution < 1.29 is 14.3 Å². The number of Topliss-reactive ketones (excluding diaryl/α,β-unsaturated/α-hetero) is 1. The summed E-state index contributed by atoms with van der Waals surface area (Å²) in [6, 6.07) is 17.6. The van der Waals surface area contributed by atoms with E-state index in [4.69, 9.17) is 4.74 Å². The van der Waals surface area contributed by atoms with Crippen LogP contribution in [0.15, 0.2) is 54.6 Å². The van der Waals surface area contributed by atoms with Crippen molar-refractivity contribution in [3.63, 3.8) is 0 Å². The summed E-state index contributed by atoms with van der Waals surface area (Å²) in [5.74, 6) is 0.266. The lowest BCUT2D eigenvalue weighted by Crippen LogP contribution is -2.53. The second kappa shape index (κ2) is 6.65. The van der Waals surface area contributed by atoms with E-state index < -0.39 is 6.09 Å². The number of hydrogen-bond acceptors (Lipinski definition) is 3. The van der Waals surface area contributed by atoms with Gasteiger partial charge in [-0.15, -0.1) is 0 Å². The van der Waals surface area contributed by atoms with Crippen LogP contribution in [0.4, 0.5) is 4.79 Å². The molecule has 4 heteroatoms. The predicted molar refractivity (Wildman–Crippen MR) is 87.8 cm³/mol. The summed E-state index contributed by atoms with van der Waals surface area (Å²) in [5.41, 5.74) is 3.18. The normalized spacial score (nSPS) is 19.8. The third-order valence-corrected chi connectivity index (χ3v) is 4.14. The maximum atomic E-state index is 11.7. The van der Waals surface area contributed by atoms with Crippen LogP contribution < -0.4 is 5.32 Å². The molecule has 3 rings (SSSR count). The van der Waals surface area contributed by atoms with E-state index in [0.717, 1.165) is 16.7 Å². The third kappa shape index (κ3) is 3.59. The van der Waals surface area contributed by atoms with E-state index in [-0.39, 0.29) is 24.3 Å². The fourth-order valence-corrected chi connectivity index (χ4v) is 2.68. The topological polar surface area (TPSA) is 55.4 Å². The Morgan fingerprint density at radius 1 is 1.09 bits per heavy atom. The van der Waals surface area contributed by atoms with Crippen molar-refractivity contribution in [2.45, 2.75) is 26.0 Å². The average Bonchev–Trinajstić information content (AvgIpc) is 2.59. The van der Waals surface area contributed by atoms with Crippen molar-refractivity contribution in [2.24, 2.45) is 5.92 Å². The Balaban J connectivity index is 1.52. The van der Waals surface area contributed by atoms with E-state index in [1.165, 1.54) is 0 Å². The first-order valence-corrected chi connectivity index (χ1v) is 7.74. The first-order valence-electron chi connectivity index (χ1n) is 7.74. The van der Waals surface area contributed by atoms with Gasteiger partial charge in [0.2, 0.25) is 0 Å². The van der Waals surface area contributed by atoms with Crippen LogP contribution in [0.5, 0.6) is 0 Å². The molecule has 1 amide bonds. The van der Waals surface area contributed by atoms with Crippen molar-refractivity contribution in [3.8, 4) is 11.1 Å². The molecule has 1 aliphatic rings. The largest absolute Gasteiger partial charge is 0.445 e. The summed E-state index contributed by atoms with van der Waals surface area (Å²) in [6.45, 7) is 2.13. The molecule has 0 bridgehead atoms. The molecule has 0 saturated heterocycles. The van der Waals surface area contributed by atoms with Crippen LogP contribution in [0.3, 0.4) is 0 Å². The number of nitrogens with one attached hydrogen (secondary N) is 1. The monoisotopic (exact) mass is 309 g/mol. The van der Waals surface area contributed by atoms with E-state index >= 15 is 0 Å². The maximum Gasteiger partial charge on any atom is 0.408 e. The predicted octanol–water partition coefficient (Wildman–Crippen LogP) is 3.56. The van der Waals surface area contributed by atoms with Crippen LogP contribution in [0.2, 0.25) is 0 Å². The fraction of sp³-hybridized carbons (Fsp3) is 0.263. The lowest BCUT2D eigenvalue weighted by Gasteiger charge is -2.32. The summed E-state index contributed by atoms with van der Waals surface area (Å²) in [4.78, 5) is 23.1. The Kier molecular flexibility index (Phi) is 4.42. The van der Waals surface area contributed by atoms with Gasteiger partial charge in [0.1, 0.15) is 6.61 Å². The zero-order valence-electron chi connectivity index (χ0n) is 13.0. The molecule has 0 spiro atoms. The second-order valence-corrected chi connectivity index (χ2v) is 5.91. The van der Waals surface area contributed by atoms with Crippen LogP contribution in [-0.4, -0.2) is 17.9 Å². The minimum absolute atomic E-state index is 0.0710. The van der Waals surface area contributed by atoms with Crippen LogP contribution >= 0.6 is 0 Å². The fourth-order valence-electron chi connectivity index (χ4n) is 2.68. The summed E-state index contributed by atoms with van der Waals surface area (Å²) >= 11 is 0. The van der Waals surface area contributed by atoms with E-state index in [1.54, 1.807) is 0 Å². The number of carbonyl (C=O) groups excluding carboxylic acids is 2. The van der Waals surface area contributed by atoms with Crippen molar-refractivity contribution >= 4 is 11.9 Å². The highest BCUT2D eigenvalue weighted by Crippen LogP contribution is 2.23. The molecule has 1 N–H and O–H groups in total. The SMILES string of the molecule is C[C@@H]1CC(=O)[C@H]1NC(=O)OCc1ccc(-c2ccccc2)cc1. The molecule has 2 atom stereocenters. The molecule has 1 fully saturated rings.